The molecule has 0 bridgehead atoms. The summed E-state index contributed by atoms with van der Waals surface area (Å²) in [4.78, 5) is 25.0. The molecule has 1 aliphatic rings. The molecule has 1 heterocycles. The van der Waals surface area contributed by atoms with Crippen molar-refractivity contribution in [3.63, 3.8) is 0 Å². The summed E-state index contributed by atoms with van der Waals surface area (Å²) in [7, 11) is 0. The number of amides is 1. The number of aryl methyl sites for hydroxylation is 2. The molecule has 1 atom stereocenters. The minimum absolute atomic E-state index is 0.0539. The van der Waals surface area contributed by atoms with Gasteiger partial charge in [-0.05, 0) is 37.8 Å². The van der Waals surface area contributed by atoms with E-state index in [0.717, 1.165) is 0 Å². The number of likely N-dealkylation sites (tertiary alicyclic amines) is 1. The van der Waals surface area contributed by atoms with Crippen LogP contribution in [0.25, 0.3) is 0 Å². The van der Waals surface area contributed by atoms with Crippen molar-refractivity contribution in [2.75, 3.05) is 13.1 Å². The van der Waals surface area contributed by atoms with Crippen LogP contribution in [-0.4, -0.2) is 35.0 Å². The van der Waals surface area contributed by atoms with Gasteiger partial charge < -0.3 is 10.0 Å². The Morgan fingerprint density at radius 1 is 1.35 bits per heavy atom. The third kappa shape index (κ3) is 3.00. The molecule has 1 unspecified atom stereocenters. The van der Waals surface area contributed by atoms with Crippen molar-refractivity contribution in [3.8, 4) is 0 Å². The molecule has 20 heavy (non-hydrogen) atoms. The number of aliphatic carboxylic acids is 1. The summed E-state index contributed by atoms with van der Waals surface area (Å²) in [5.74, 6) is -0.759. The van der Waals surface area contributed by atoms with E-state index in [1.165, 1.54) is 11.1 Å². The number of carbonyl (C=O) groups is 2. The minimum atomic E-state index is -0.813. The number of nitrogens with zero attached hydrogens (tertiary/aromatic N) is 1. The first-order chi connectivity index (χ1) is 9.42. The lowest BCUT2D eigenvalue weighted by Crippen LogP contribution is -2.34. The van der Waals surface area contributed by atoms with E-state index in [2.05, 4.69) is 0 Å². The molecular weight excluding hydrogens is 254 g/mol. The second-order valence-electron chi connectivity index (χ2n) is 5.86. The normalized spacial score (nSPS) is 22.0. The maximum absolute atomic E-state index is 12.2. The highest BCUT2D eigenvalue weighted by Crippen LogP contribution is 2.30. The van der Waals surface area contributed by atoms with Gasteiger partial charge in [-0.15, -0.1) is 0 Å². The van der Waals surface area contributed by atoms with Crippen LogP contribution in [0.5, 0.6) is 0 Å². The summed E-state index contributed by atoms with van der Waals surface area (Å²) in [6, 6.07) is 8.04. The van der Waals surface area contributed by atoms with Gasteiger partial charge in [0.25, 0.3) is 0 Å². The van der Waals surface area contributed by atoms with Crippen molar-refractivity contribution in [2.45, 2.75) is 33.1 Å². The van der Waals surface area contributed by atoms with Crippen molar-refractivity contribution in [3.05, 3.63) is 35.4 Å². The molecule has 0 saturated carbocycles. The quantitative estimate of drug-likeness (QED) is 0.917. The van der Waals surface area contributed by atoms with Crippen LogP contribution in [0.1, 0.15) is 30.9 Å². The van der Waals surface area contributed by atoms with Crippen molar-refractivity contribution in [2.24, 2.45) is 5.41 Å². The smallest absolute Gasteiger partial charge is 0.311 e. The molecule has 0 aromatic heterocycles. The molecule has 0 radical (unpaired) electrons. The first kappa shape index (κ1) is 14.6. The summed E-state index contributed by atoms with van der Waals surface area (Å²) in [6.07, 6.45) is 1.70. The molecule has 4 nitrogen and oxygen atoms in total. The van der Waals surface area contributed by atoms with Gasteiger partial charge in [-0.3, -0.25) is 9.59 Å². The molecule has 0 spiro atoms. The standard InChI is InChI=1S/C16H21NO3/c1-12-5-3-4-6-13(12)7-8-14(18)17-10-9-16(2,11-17)15(19)20/h3-6H,7-11H2,1-2H3,(H,19,20). The van der Waals surface area contributed by atoms with Crippen molar-refractivity contribution >= 4 is 11.9 Å². The first-order valence-electron chi connectivity index (χ1n) is 6.98. The van der Waals surface area contributed by atoms with Gasteiger partial charge in [0.15, 0.2) is 0 Å². The van der Waals surface area contributed by atoms with E-state index in [0.29, 0.717) is 32.4 Å². The number of carboxylic acids is 1. The Kier molecular flexibility index (Phi) is 4.12. The van der Waals surface area contributed by atoms with Gasteiger partial charge in [0, 0.05) is 19.5 Å². The highest BCUT2D eigenvalue weighted by Gasteiger charge is 2.41. The number of hydrogen-bond donors (Lipinski definition) is 1. The molecule has 1 aliphatic heterocycles. The molecule has 1 fully saturated rings. The van der Waals surface area contributed by atoms with E-state index in [-0.39, 0.29) is 5.91 Å². The zero-order valence-electron chi connectivity index (χ0n) is 12.1. The number of carboxylic acid groups (broad SMARTS) is 1. The van der Waals surface area contributed by atoms with Crippen LogP contribution in [-0.2, 0) is 16.0 Å². The maximum atomic E-state index is 12.2. The summed E-state index contributed by atoms with van der Waals surface area (Å²) in [5.41, 5.74) is 1.59. The predicted molar refractivity (Wildman–Crippen MR) is 76.4 cm³/mol. The van der Waals surface area contributed by atoms with Crippen molar-refractivity contribution in [1.29, 1.82) is 0 Å². The van der Waals surface area contributed by atoms with Gasteiger partial charge in [0.05, 0.1) is 5.41 Å². The van der Waals surface area contributed by atoms with Gasteiger partial charge in [-0.25, -0.2) is 0 Å². The van der Waals surface area contributed by atoms with Crippen LogP contribution in [0, 0.1) is 12.3 Å². The fraction of sp³-hybridized carbons (Fsp3) is 0.500. The molecule has 1 aromatic rings. The monoisotopic (exact) mass is 275 g/mol. The van der Waals surface area contributed by atoms with Gasteiger partial charge in [0.1, 0.15) is 0 Å². The number of benzene rings is 1. The van der Waals surface area contributed by atoms with Crippen LogP contribution in [0.3, 0.4) is 0 Å². The highest BCUT2D eigenvalue weighted by atomic mass is 16.4. The highest BCUT2D eigenvalue weighted by molar-refractivity contribution is 5.80. The topological polar surface area (TPSA) is 57.6 Å². The third-order valence-electron chi connectivity index (χ3n) is 4.21. The van der Waals surface area contributed by atoms with Gasteiger partial charge in [0.2, 0.25) is 5.91 Å². The molecule has 2 rings (SSSR count). The Morgan fingerprint density at radius 3 is 2.65 bits per heavy atom. The fourth-order valence-corrected chi connectivity index (χ4v) is 2.64. The molecular formula is C16H21NO3. The SMILES string of the molecule is Cc1ccccc1CCC(=O)N1CCC(C)(C(=O)O)C1. The molecule has 1 aromatic carbocycles. The van der Waals surface area contributed by atoms with Gasteiger partial charge in [-0.1, -0.05) is 24.3 Å². The lowest BCUT2D eigenvalue weighted by atomic mass is 9.90. The largest absolute Gasteiger partial charge is 0.481 e. The summed E-state index contributed by atoms with van der Waals surface area (Å²) < 4.78 is 0. The third-order valence-corrected chi connectivity index (χ3v) is 4.21. The maximum Gasteiger partial charge on any atom is 0.311 e. The molecule has 0 aliphatic carbocycles. The van der Waals surface area contributed by atoms with E-state index < -0.39 is 11.4 Å². The Hall–Kier alpha value is -1.84. The van der Waals surface area contributed by atoms with Crippen molar-refractivity contribution < 1.29 is 14.7 Å². The first-order valence-corrected chi connectivity index (χ1v) is 6.98. The zero-order chi connectivity index (χ0) is 14.8. The summed E-state index contributed by atoms with van der Waals surface area (Å²) >= 11 is 0. The average molecular weight is 275 g/mol. The number of rotatable bonds is 4. The fourth-order valence-electron chi connectivity index (χ4n) is 2.64. The molecule has 108 valence electrons. The molecule has 1 saturated heterocycles. The Bertz CT molecular complexity index is 526. The summed E-state index contributed by atoms with van der Waals surface area (Å²) in [5, 5.41) is 9.18. The Morgan fingerprint density at radius 2 is 2.05 bits per heavy atom. The zero-order valence-corrected chi connectivity index (χ0v) is 12.1. The Labute approximate surface area is 119 Å². The van der Waals surface area contributed by atoms with Crippen LogP contribution in [0.4, 0.5) is 0 Å². The van der Waals surface area contributed by atoms with Crippen molar-refractivity contribution in [1.82, 2.24) is 4.90 Å². The number of hydrogen-bond acceptors (Lipinski definition) is 2. The number of carbonyl (C=O) groups excluding carboxylic acids is 1. The van der Waals surface area contributed by atoms with Crippen LogP contribution >= 0.6 is 0 Å². The predicted octanol–water partition coefficient (Wildman–Crippen LogP) is 2.25. The van der Waals surface area contributed by atoms with E-state index in [1.54, 1.807) is 11.8 Å². The molecule has 1 N–H and O–H groups in total. The van der Waals surface area contributed by atoms with E-state index in [4.69, 9.17) is 0 Å². The molecule has 4 heteroatoms. The second-order valence-corrected chi connectivity index (χ2v) is 5.86. The summed E-state index contributed by atoms with van der Waals surface area (Å²) in [6.45, 7) is 4.63. The van der Waals surface area contributed by atoms with E-state index in [9.17, 15) is 14.7 Å². The lowest BCUT2D eigenvalue weighted by molar-refractivity contribution is -0.147. The van der Waals surface area contributed by atoms with Gasteiger partial charge in [-0.2, -0.15) is 0 Å². The van der Waals surface area contributed by atoms with Crippen LogP contribution in [0.15, 0.2) is 24.3 Å². The van der Waals surface area contributed by atoms with Crippen LogP contribution in [0.2, 0.25) is 0 Å². The average Bonchev–Trinajstić information content (AvgIpc) is 2.82. The Balaban J connectivity index is 1.91. The van der Waals surface area contributed by atoms with E-state index in [1.807, 2.05) is 31.2 Å². The lowest BCUT2D eigenvalue weighted by Gasteiger charge is -2.20. The second kappa shape index (κ2) is 5.65. The molecule has 1 amide bonds. The van der Waals surface area contributed by atoms with Gasteiger partial charge >= 0.3 is 5.97 Å². The van der Waals surface area contributed by atoms with E-state index >= 15 is 0 Å². The van der Waals surface area contributed by atoms with Crippen LogP contribution < -0.4 is 0 Å². The minimum Gasteiger partial charge on any atom is -0.481 e.